The molecule has 0 unspecified atom stereocenters. The average Bonchev–Trinajstić information content (AvgIpc) is 2.92. The second-order valence-corrected chi connectivity index (χ2v) is 5.54. The van der Waals surface area contributed by atoms with Crippen LogP contribution in [0.2, 0.25) is 10.0 Å². The molecule has 23 heavy (non-hydrogen) atoms. The first kappa shape index (κ1) is 15.5. The molecule has 0 radical (unpaired) electrons. The zero-order chi connectivity index (χ0) is 16.4. The largest absolute Gasteiger partial charge is 0.360 e. The molecule has 0 fully saturated rings. The second-order valence-electron chi connectivity index (χ2n) is 4.75. The number of carbonyl (C=O) groups is 1. The fourth-order valence-corrected chi connectivity index (χ4v) is 2.53. The van der Waals surface area contributed by atoms with Crippen LogP contribution < -0.4 is 5.32 Å². The van der Waals surface area contributed by atoms with Crippen LogP contribution in [0.15, 0.2) is 47.2 Å². The number of rotatable bonds is 3. The number of nitrogens with one attached hydrogen (secondary N) is 1. The molecule has 5 nitrogen and oxygen atoms in total. The van der Waals surface area contributed by atoms with E-state index in [4.69, 9.17) is 27.7 Å². The maximum absolute atomic E-state index is 12.6. The third-order valence-electron chi connectivity index (χ3n) is 3.23. The molecule has 0 aliphatic rings. The van der Waals surface area contributed by atoms with Gasteiger partial charge in [0, 0.05) is 23.6 Å². The highest BCUT2D eigenvalue weighted by atomic mass is 35.5. The average molecular weight is 348 g/mol. The zero-order valence-corrected chi connectivity index (χ0v) is 13.5. The number of benzene rings is 1. The topological polar surface area (TPSA) is 68.0 Å². The number of aryl methyl sites for hydroxylation is 1. The van der Waals surface area contributed by atoms with E-state index in [9.17, 15) is 4.79 Å². The molecule has 0 aliphatic carbocycles. The van der Waals surface area contributed by atoms with Crippen LogP contribution in [0.1, 0.15) is 16.1 Å². The van der Waals surface area contributed by atoms with Gasteiger partial charge in [-0.15, -0.1) is 0 Å². The summed E-state index contributed by atoms with van der Waals surface area (Å²) in [4.78, 5) is 16.5. The highest BCUT2D eigenvalue weighted by Crippen LogP contribution is 2.35. The molecule has 7 heteroatoms. The summed E-state index contributed by atoms with van der Waals surface area (Å²) in [6, 6.07) is 8.50. The number of hydrogen-bond donors (Lipinski definition) is 1. The van der Waals surface area contributed by atoms with Gasteiger partial charge in [0.05, 0.1) is 10.0 Å². The Bertz CT molecular complexity index is 863. The van der Waals surface area contributed by atoms with Gasteiger partial charge in [0.15, 0.2) is 0 Å². The van der Waals surface area contributed by atoms with Crippen molar-refractivity contribution in [3.63, 3.8) is 0 Å². The molecule has 1 N–H and O–H groups in total. The number of pyridine rings is 1. The van der Waals surface area contributed by atoms with Crippen LogP contribution in [-0.4, -0.2) is 16.0 Å². The summed E-state index contributed by atoms with van der Waals surface area (Å²) < 4.78 is 5.18. The minimum absolute atomic E-state index is 0.311. The Kier molecular flexibility index (Phi) is 4.32. The normalized spacial score (nSPS) is 10.6. The molecule has 0 aliphatic heterocycles. The van der Waals surface area contributed by atoms with Crippen molar-refractivity contribution in [3.05, 3.63) is 64.1 Å². The van der Waals surface area contributed by atoms with Gasteiger partial charge in [-0.3, -0.25) is 9.78 Å². The molecule has 0 atom stereocenters. The molecular formula is C16H11Cl2N3O2. The third-order valence-corrected chi connectivity index (χ3v) is 4.05. The van der Waals surface area contributed by atoms with Crippen LogP contribution in [0.25, 0.3) is 11.3 Å². The Morgan fingerprint density at radius 3 is 2.65 bits per heavy atom. The van der Waals surface area contributed by atoms with Crippen LogP contribution in [0.4, 0.5) is 5.69 Å². The first-order valence-corrected chi connectivity index (χ1v) is 7.45. The fraction of sp³-hybridized carbons (Fsp3) is 0.0625. The number of anilines is 1. The predicted molar refractivity (Wildman–Crippen MR) is 88.9 cm³/mol. The Hall–Kier alpha value is -2.37. The van der Waals surface area contributed by atoms with E-state index < -0.39 is 0 Å². The molecule has 2 aromatic heterocycles. The maximum atomic E-state index is 12.6. The quantitative estimate of drug-likeness (QED) is 0.751. The van der Waals surface area contributed by atoms with Crippen LogP contribution >= 0.6 is 23.2 Å². The Morgan fingerprint density at radius 1 is 1.17 bits per heavy atom. The van der Waals surface area contributed by atoms with Crippen molar-refractivity contribution >= 4 is 34.8 Å². The smallest absolute Gasteiger partial charge is 0.261 e. The summed E-state index contributed by atoms with van der Waals surface area (Å²) in [5.41, 5.74) is 1.82. The van der Waals surface area contributed by atoms with Gasteiger partial charge >= 0.3 is 0 Å². The SMILES string of the molecule is Cc1onc(-c2cccc(Cl)c2Cl)c1C(=O)Nc1ccncc1. The van der Waals surface area contributed by atoms with E-state index in [0.29, 0.717) is 38.3 Å². The lowest BCUT2D eigenvalue weighted by Crippen LogP contribution is -2.13. The van der Waals surface area contributed by atoms with Gasteiger partial charge in [0.25, 0.3) is 5.91 Å². The van der Waals surface area contributed by atoms with E-state index in [-0.39, 0.29) is 5.91 Å². The van der Waals surface area contributed by atoms with Crippen molar-refractivity contribution < 1.29 is 9.32 Å². The first-order chi connectivity index (χ1) is 11.1. The summed E-state index contributed by atoms with van der Waals surface area (Å²) in [5, 5.41) is 7.43. The predicted octanol–water partition coefficient (Wildman–Crippen LogP) is 4.60. The number of aromatic nitrogens is 2. The van der Waals surface area contributed by atoms with Gasteiger partial charge in [-0.05, 0) is 25.1 Å². The third kappa shape index (κ3) is 3.06. The van der Waals surface area contributed by atoms with Crippen LogP contribution in [0, 0.1) is 6.92 Å². The lowest BCUT2D eigenvalue weighted by Gasteiger charge is -2.07. The lowest BCUT2D eigenvalue weighted by molar-refractivity contribution is 0.102. The van der Waals surface area contributed by atoms with Crippen molar-refractivity contribution in [2.75, 3.05) is 5.32 Å². The number of halogens is 2. The van der Waals surface area contributed by atoms with Gasteiger partial charge in [0.1, 0.15) is 17.0 Å². The van der Waals surface area contributed by atoms with Crippen LogP contribution in [-0.2, 0) is 0 Å². The van der Waals surface area contributed by atoms with E-state index in [2.05, 4.69) is 15.5 Å². The van der Waals surface area contributed by atoms with E-state index in [1.165, 1.54) is 0 Å². The molecule has 3 rings (SSSR count). The molecule has 1 amide bonds. The van der Waals surface area contributed by atoms with Crippen molar-refractivity contribution in [3.8, 4) is 11.3 Å². The molecule has 1 aromatic carbocycles. The van der Waals surface area contributed by atoms with E-state index in [0.717, 1.165) is 0 Å². The van der Waals surface area contributed by atoms with E-state index >= 15 is 0 Å². The van der Waals surface area contributed by atoms with Crippen molar-refractivity contribution in [2.24, 2.45) is 0 Å². The van der Waals surface area contributed by atoms with Crippen LogP contribution in [0.5, 0.6) is 0 Å². The first-order valence-electron chi connectivity index (χ1n) is 6.70. The second kappa shape index (κ2) is 6.40. The zero-order valence-electron chi connectivity index (χ0n) is 12.0. The van der Waals surface area contributed by atoms with Gasteiger partial charge in [-0.1, -0.05) is 40.5 Å². The van der Waals surface area contributed by atoms with E-state index in [1.54, 1.807) is 49.6 Å². The minimum Gasteiger partial charge on any atom is -0.360 e. The Balaban J connectivity index is 2.02. The molecule has 0 saturated carbocycles. The summed E-state index contributed by atoms with van der Waals surface area (Å²) in [7, 11) is 0. The van der Waals surface area contributed by atoms with Crippen molar-refractivity contribution in [2.45, 2.75) is 6.92 Å². The molecule has 0 spiro atoms. The minimum atomic E-state index is -0.346. The molecule has 0 saturated heterocycles. The standard InChI is InChI=1S/C16H11Cl2N3O2/c1-9-13(16(22)20-10-5-7-19-8-6-10)15(21-23-9)11-3-2-4-12(17)14(11)18/h2-8H,1H3,(H,19,20,22). The van der Waals surface area contributed by atoms with E-state index in [1.807, 2.05) is 0 Å². The molecule has 0 bridgehead atoms. The number of carbonyl (C=O) groups excluding carboxylic acids is 1. The molecule has 116 valence electrons. The van der Waals surface area contributed by atoms with Gasteiger partial charge in [-0.2, -0.15) is 0 Å². The molecular weight excluding hydrogens is 337 g/mol. The number of hydrogen-bond acceptors (Lipinski definition) is 4. The van der Waals surface area contributed by atoms with Crippen LogP contribution in [0.3, 0.4) is 0 Å². The van der Waals surface area contributed by atoms with Gasteiger partial charge in [0.2, 0.25) is 0 Å². The maximum Gasteiger partial charge on any atom is 0.261 e. The lowest BCUT2D eigenvalue weighted by atomic mass is 10.1. The van der Waals surface area contributed by atoms with Crippen molar-refractivity contribution in [1.82, 2.24) is 10.1 Å². The summed E-state index contributed by atoms with van der Waals surface area (Å²) in [6.45, 7) is 1.66. The monoisotopic (exact) mass is 347 g/mol. The highest BCUT2D eigenvalue weighted by molar-refractivity contribution is 6.43. The van der Waals surface area contributed by atoms with Crippen molar-refractivity contribution in [1.29, 1.82) is 0 Å². The Morgan fingerprint density at radius 2 is 1.91 bits per heavy atom. The van der Waals surface area contributed by atoms with Gasteiger partial charge in [-0.25, -0.2) is 0 Å². The summed E-state index contributed by atoms with van der Waals surface area (Å²) >= 11 is 12.3. The molecule has 3 aromatic rings. The number of nitrogens with zero attached hydrogens (tertiary/aromatic N) is 2. The summed E-state index contributed by atoms with van der Waals surface area (Å²) in [5.74, 6) is 0.0450. The summed E-state index contributed by atoms with van der Waals surface area (Å²) in [6.07, 6.45) is 3.18. The van der Waals surface area contributed by atoms with Gasteiger partial charge < -0.3 is 9.84 Å². The fourth-order valence-electron chi connectivity index (χ4n) is 2.14. The highest BCUT2D eigenvalue weighted by Gasteiger charge is 2.23. The number of amides is 1. The Labute approximate surface area is 142 Å². The molecule has 2 heterocycles.